The van der Waals surface area contributed by atoms with E-state index in [-0.39, 0.29) is 18.1 Å². The van der Waals surface area contributed by atoms with Gasteiger partial charge in [0.2, 0.25) is 0 Å². The van der Waals surface area contributed by atoms with E-state index in [9.17, 15) is 9.90 Å². The second-order valence-corrected chi connectivity index (χ2v) is 5.78. The fraction of sp³-hybridized carbons (Fsp3) is 0.923. The minimum Gasteiger partial charge on any atom is -0.440 e. The second-order valence-electron chi connectivity index (χ2n) is 5.78. The van der Waals surface area contributed by atoms with Crippen molar-refractivity contribution in [1.82, 2.24) is 4.90 Å². The zero-order valence-corrected chi connectivity index (χ0v) is 10.4. The molecule has 0 aromatic heterocycles. The number of rotatable bonds is 0. The summed E-state index contributed by atoms with van der Waals surface area (Å²) in [6.07, 6.45) is 5.21. The first-order valence-electron chi connectivity index (χ1n) is 6.83. The molecule has 96 valence electrons. The fourth-order valence-electron chi connectivity index (χ4n) is 3.98. The Morgan fingerprint density at radius 2 is 2.18 bits per heavy atom. The third kappa shape index (κ3) is 1.49. The van der Waals surface area contributed by atoms with Crippen molar-refractivity contribution in [2.24, 2.45) is 5.92 Å². The van der Waals surface area contributed by atoms with Gasteiger partial charge in [0.1, 0.15) is 5.60 Å². The summed E-state index contributed by atoms with van der Waals surface area (Å²) < 4.78 is 5.67. The first kappa shape index (κ1) is 11.3. The summed E-state index contributed by atoms with van der Waals surface area (Å²) in [5.74, 6) is 0.248. The molecule has 2 saturated heterocycles. The van der Waals surface area contributed by atoms with Crippen LogP contribution >= 0.6 is 0 Å². The molecule has 4 atom stereocenters. The van der Waals surface area contributed by atoms with Crippen LogP contribution in [0.1, 0.15) is 45.4 Å². The van der Waals surface area contributed by atoms with Crippen molar-refractivity contribution in [3.05, 3.63) is 0 Å². The summed E-state index contributed by atoms with van der Waals surface area (Å²) in [6.45, 7) is 2.96. The molecule has 0 aromatic carbocycles. The van der Waals surface area contributed by atoms with Gasteiger partial charge in [0.25, 0.3) is 0 Å². The van der Waals surface area contributed by atoms with E-state index in [0.29, 0.717) is 0 Å². The number of piperidine rings is 1. The number of carbonyl (C=O) groups is 1. The molecule has 0 radical (unpaired) electrons. The molecule has 3 fully saturated rings. The Bertz CT molecular complexity index is 333. The number of fused-ring (bicyclic) bond motifs is 1. The van der Waals surface area contributed by atoms with Crippen LogP contribution in [0.15, 0.2) is 0 Å². The number of carbonyl (C=O) groups excluding carboxylic acids is 1. The van der Waals surface area contributed by atoms with Crippen LogP contribution in [0.25, 0.3) is 0 Å². The first-order valence-corrected chi connectivity index (χ1v) is 6.83. The molecule has 1 saturated carbocycles. The number of nitrogens with zero attached hydrogens (tertiary/aromatic N) is 1. The molecule has 1 N–H and O–H groups in total. The van der Waals surface area contributed by atoms with Crippen molar-refractivity contribution < 1.29 is 14.6 Å². The molecule has 2 aliphatic heterocycles. The van der Waals surface area contributed by atoms with Crippen molar-refractivity contribution in [1.29, 1.82) is 0 Å². The molecule has 4 nitrogen and oxygen atoms in total. The van der Waals surface area contributed by atoms with Crippen LogP contribution in [-0.4, -0.2) is 40.4 Å². The summed E-state index contributed by atoms with van der Waals surface area (Å²) >= 11 is 0. The van der Waals surface area contributed by atoms with E-state index in [2.05, 4.69) is 6.92 Å². The summed E-state index contributed by atoms with van der Waals surface area (Å²) in [7, 11) is 0. The summed E-state index contributed by atoms with van der Waals surface area (Å²) in [5.41, 5.74) is -0.588. The molecule has 3 aliphatic rings. The number of hydrogen-bond donors (Lipinski definition) is 1. The van der Waals surface area contributed by atoms with Crippen LogP contribution in [0.4, 0.5) is 4.79 Å². The van der Waals surface area contributed by atoms with Gasteiger partial charge in [-0.3, -0.25) is 0 Å². The van der Waals surface area contributed by atoms with Crippen LogP contribution in [0.3, 0.4) is 0 Å². The molecular formula is C13H21NO3. The average molecular weight is 239 g/mol. The van der Waals surface area contributed by atoms with Gasteiger partial charge in [0.15, 0.2) is 0 Å². The van der Waals surface area contributed by atoms with Crippen LogP contribution in [-0.2, 0) is 4.74 Å². The minimum atomic E-state index is -0.588. The van der Waals surface area contributed by atoms with Gasteiger partial charge in [-0.05, 0) is 38.5 Å². The molecule has 3 rings (SSSR count). The third-order valence-electron chi connectivity index (χ3n) is 5.02. The first-order chi connectivity index (χ1) is 8.15. The molecule has 1 spiro atoms. The number of aliphatic hydroxyl groups is 1. The highest BCUT2D eigenvalue weighted by Gasteiger charge is 2.57. The third-order valence-corrected chi connectivity index (χ3v) is 5.02. The second kappa shape index (κ2) is 3.87. The average Bonchev–Trinajstić information content (AvgIpc) is 2.69. The smallest absolute Gasteiger partial charge is 0.410 e. The standard InChI is InChI=1S/C13H21NO3/c1-9-10-5-2-3-8-14(10)12(16)17-13(9)7-4-6-11(13)15/h9-11,15H,2-8H2,1H3/t9-,10-,11?,13?/m0/s1. The minimum absolute atomic E-state index is 0.200. The van der Waals surface area contributed by atoms with Crippen LogP contribution < -0.4 is 0 Å². The van der Waals surface area contributed by atoms with E-state index in [1.807, 2.05) is 4.90 Å². The van der Waals surface area contributed by atoms with E-state index in [1.165, 1.54) is 6.42 Å². The quantitative estimate of drug-likeness (QED) is 0.702. The highest BCUT2D eigenvalue weighted by atomic mass is 16.6. The number of amides is 1. The SMILES string of the molecule is C[C@H]1[C@@H]2CCCCN2C(=O)OC12CCCC2O. The predicted octanol–water partition coefficient (Wildman–Crippen LogP) is 1.91. The van der Waals surface area contributed by atoms with Gasteiger partial charge in [-0.1, -0.05) is 6.92 Å². The normalized spacial score (nSPS) is 45.9. The molecule has 17 heavy (non-hydrogen) atoms. The lowest BCUT2D eigenvalue weighted by molar-refractivity contribution is -0.156. The van der Waals surface area contributed by atoms with E-state index < -0.39 is 11.7 Å². The molecule has 2 heterocycles. The maximum atomic E-state index is 12.1. The molecule has 4 heteroatoms. The topological polar surface area (TPSA) is 49.8 Å². The lowest BCUT2D eigenvalue weighted by Gasteiger charge is -2.52. The number of ether oxygens (including phenoxy) is 1. The van der Waals surface area contributed by atoms with Crippen LogP contribution in [0, 0.1) is 5.92 Å². The van der Waals surface area contributed by atoms with Crippen molar-refractivity contribution in [2.45, 2.75) is 63.2 Å². The number of aliphatic hydroxyl groups excluding tert-OH is 1. The highest BCUT2D eigenvalue weighted by Crippen LogP contribution is 2.47. The van der Waals surface area contributed by atoms with Gasteiger partial charge < -0.3 is 14.7 Å². The zero-order valence-electron chi connectivity index (χ0n) is 10.4. The molecule has 1 amide bonds. The molecule has 2 unspecified atom stereocenters. The van der Waals surface area contributed by atoms with Crippen LogP contribution in [0.2, 0.25) is 0 Å². The van der Waals surface area contributed by atoms with Gasteiger partial charge in [-0.25, -0.2) is 4.79 Å². The molecule has 0 aromatic rings. The van der Waals surface area contributed by atoms with E-state index in [0.717, 1.165) is 38.6 Å². The lowest BCUT2D eigenvalue weighted by Crippen LogP contribution is -2.64. The van der Waals surface area contributed by atoms with E-state index in [4.69, 9.17) is 4.74 Å². The van der Waals surface area contributed by atoms with Crippen LogP contribution in [0.5, 0.6) is 0 Å². The largest absolute Gasteiger partial charge is 0.440 e. The Balaban J connectivity index is 1.91. The zero-order chi connectivity index (χ0) is 12.0. The van der Waals surface area contributed by atoms with Gasteiger partial charge in [0.05, 0.1) is 6.10 Å². The Morgan fingerprint density at radius 1 is 1.35 bits per heavy atom. The van der Waals surface area contributed by atoms with Gasteiger partial charge >= 0.3 is 6.09 Å². The molecule has 0 bridgehead atoms. The summed E-state index contributed by atoms with van der Waals surface area (Å²) in [5, 5.41) is 10.2. The molecule has 1 aliphatic carbocycles. The van der Waals surface area contributed by atoms with Crippen molar-refractivity contribution in [2.75, 3.05) is 6.54 Å². The maximum Gasteiger partial charge on any atom is 0.410 e. The Morgan fingerprint density at radius 3 is 2.88 bits per heavy atom. The highest BCUT2D eigenvalue weighted by molar-refractivity contribution is 5.70. The summed E-state index contributed by atoms with van der Waals surface area (Å²) in [4.78, 5) is 14.0. The monoisotopic (exact) mass is 239 g/mol. The van der Waals surface area contributed by atoms with E-state index in [1.54, 1.807) is 0 Å². The fourth-order valence-corrected chi connectivity index (χ4v) is 3.98. The van der Waals surface area contributed by atoms with Gasteiger partial charge in [-0.2, -0.15) is 0 Å². The van der Waals surface area contributed by atoms with Crippen molar-refractivity contribution >= 4 is 6.09 Å². The summed E-state index contributed by atoms with van der Waals surface area (Å²) in [6, 6.07) is 0.276. The lowest BCUT2D eigenvalue weighted by atomic mass is 9.76. The van der Waals surface area contributed by atoms with Gasteiger partial charge in [-0.15, -0.1) is 0 Å². The Hall–Kier alpha value is -0.770. The van der Waals surface area contributed by atoms with Gasteiger partial charge in [0, 0.05) is 18.5 Å². The van der Waals surface area contributed by atoms with Crippen molar-refractivity contribution in [3.63, 3.8) is 0 Å². The predicted molar refractivity (Wildman–Crippen MR) is 62.6 cm³/mol. The van der Waals surface area contributed by atoms with Crippen molar-refractivity contribution in [3.8, 4) is 0 Å². The Labute approximate surface area is 102 Å². The number of hydrogen-bond acceptors (Lipinski definition) is 3. The Kier molecular flexibility index (Phi) is 2.58. The molecular weight excluding hydrogens is 218 g/mol. The maximum absolute atomic E-state index is 12.1. The van der Waals surface area contributed by atoms with E-state index >= 15 is 0 Å².